The molecule has 35 heavy (non-hydrogen) atoms. The second-order valence-corrected chi connectivity index (χ2v) is 9.05. The van der Waals surface area contributed by atoms with Crippen molar-refractivity contribution in [1.29, 1.82) is 0 Å². The van der Waals surface area contributed by atoms with Crippen molar-refractivity contribution < 1.29 is 22.7 Å². The molecule has 1 unspecified atom stereocenters. The maximum absolute atomic E-state index is 14.6. The minimum atomic E-state index is -3.59. The van der Waals surface area contributed by atoms with Crippen molar-refractivity contribution in [3.05, 3.63) is 93.2 Å². The highest BCUT2D eigenvalue weighted by Gasteiger charge is 2.43. The predicted molar refractivity (Wildman–Crippen MR) is 121 cm³/mol. The van der Waals surface area contributed by atoms with Gasteiger partial charge in [0.1, 0.15) is 11.9 Å². The molecule has 0 aliphatic carbocycles. The fourth-order valence-electron chi connectivity index (χ4n) is 4.23. The van der Waals surface area contributed by atoms with Crippen molar-refractivity contribution in [3.63, 3.8) is 0 Å². The number of rotatable bonds is 7. The molecule has 0 spiro atoms. The molecule has 11 heteroatoms. The van der Waals surface area contributed by atoms with Crippen molar-refractivity contribution in [3.8, 4) is 0 Å². The Morgan fingerprint density at radius 1 is 1.26 bits per heavy atom. The lowest BCUT2D eigenvalue weighted by atomic mass is 9.87. The Kier molecular flexibility index (Phi) is 6.27. The number of nitrogens with one attached hydrogen (secondary N) is 2. The average Bonchev–Trinajstić information content (AvgIpc) is 3.09. The molecule has 3 aromatic rings. The summed E-state index contributed by atoms with van der Waals surface area (Å²) in [4.78, 5) is 30.2. The fourth-order valence-corrected chi connectivity index (χ4v) is 4.23. The molecular formula is C24H24F3N5O3. The topological polar surface area (TPSA) is 103 Å². The summed E-state index contributed by atoms with van der Waals surface area (Å²) in [6, 6.07) is 8.71. The zero-order valence-corrected chi connectivity index (χ0v) is 19.1. The number of pyridine rings is 1. The number of halogens is 3. The summed E-state index contributed by atoms with van der Waals surface area (Å²) in [6.45, 7) is 2.57. The SMILES string of the molecule is CC1(C)CC(C(=O)NCc2ccccc2F)n2c1cnc(NCC(F)(F)c1cccc[n+]1[O-])c2=O. The molecule has 4 rings (SSSR count). The third-order valence-electron chi connectivity index (χ3n) is 6.10. The number of carbonyl (C=O) groups excluding carboxylic acids is 1. The highest BCUT2D eigenvalue weighted by atomic mass is 19.3. The molecule has 1 aromatic carbocycles. The number of amides is 1. The molecule has 0 radical (unpaired) electrons. The molecule has 1 amide bonds. The smallest absolute Gasteiger partial charge is 0.347 e. The number of hydrogen-bond donors (Lipinski definition) is 2. The normalized spacial score (nSPS) is 16.5. The van der Waals surface area contributed by atoms with Crippen LogP contribution in [0.3, 0.4) is 0 Å². The average molecular weight is 487 g/mol. The van der Waals surface area contributed by atoms with Crippen LogP contribution in [0.5, 0.6) is 0 Å². The Morgan fingerprint density at radius 3 is 2.69 bits per heavy atom. The predicted octanol–water partition coefficient (Wildman–Crippen LogP) is 2.76. The standard InChI is InChI=1S/C24H24F3N5O3/c1-23(2)11-17(21(33)29-12-15-7-3-4-8-16(15)25)32-19(23)13-28-20(22(32)34)30-14-24(26,27)18-9-5-6-10-31(18)35/h3-10,13,17H,11-12,14H2,1-2H3,(H,28,30)(H,29,33). The van der Waals surface area contributed by atoms with Crippen molar-refractivity contribution in [1.82, 2.24) is 14.9 Å². The van der Waals surface area contributed by atoms with Crippen LogP contribution in [0, 0.1) is 11.0 Å². The molecule has 184 valence electrons. The van der Waals surface area contributed by atoms with E-state index >= 15 is 0 Å². The Labute approximate surface area is 199 Å². The van der Waals surface area contributed by atoms with Gasteiger partial charge in [-0.25, -0.2) is 9.37 Å². The number of alkyl halides is 2. The van der Waals surface area contributed by atoms with Gasteiger partial charge >= 0.3 is 5.92 Å². The number of carbonyl (C=O) groups is 1. The quantitative estimate of drug-likeness (QED) is 0.394. The fraction of sp³-hybridized carbons (Fsp3) is 0.333. The largest absolute Gasteiger partial charge is 0.618 e. The van der Waals surface area contributed by atoms with E-state index in [1.54, 1.807) is 12.1 Å². The van der Waals surface area contributed by atoms with Crippen molar-refractivity contribution in [2.75, 3.05) is 11.9 Å². The van der Waals surface area contributed by atoms with Gasteiger partial charge in [-0.05, 0) is 18.6 Å². The number of benzene rings is 1. The number of nitrogens with zero attached hydrogens (tertiary/aromatic N) is 3. The molecule has 2 aromatic heterocycles. The summed E-state index contributed by atoms with van der Waals surface area (Å²) in [7, 11) is 0. The van der Waals surface area contributed by atoms with Gasteiger partial charge in [0.25, 0.3) is 11.3 Å². The Hall–Kier alpha value is -3.89. The first-order chi connectivity index (χ1) is 16.5. The van der Waals surface area contributed by atoms with Crippen LogP contribution in [0.15, 0.2) is 59.7 Å². The maximum atomic E-state index is 14.6. The lowest BCUT2D eigenvalue weighted by Gasteiger charge is -2.19. The second kappa shape index (κ2) is 9.05. The van der Waals surface area contributed by atoms with Crippen molar-refractivity contribution in [2.45, 2.75) is 44.2 Å². The van der Waals surface area contributed by atoms with Gasteiger partial charge in [-0.2, -0.15) is 13.5 Å². The van der Waals surface area contributed by atoms with Crippen LogP contribution in [0.4, 0.5) is 19.0 Å². The molecule has 0 saturated heterocycles. The van der Waals surface area contributed by atoms with Gasteiger partial charge in [-0.15, -0.1) is 0 Å². The second-order valence-electron chi connectivity index (χ2n) is 9.05. The maximum Gasteiger partial charge on any atom is 0.347 e. The summed E-state index contributed by atoms with van der Waals surface area (Å²) in [5.74, 6) is -4.92. The first-order valence-corrected chi connectivity index (χ1v) is 10.9. The third kappa shape index (κ3) is 4.71. The van der Waals surface area contributed by atoms with E-state index in [0.29, 0.717) is 11.3 Å². The lowest BCUT2D eigenvalue weighted by Crippen LogP contribution is -2.42. The van der Waals surface area contributed by atoms with E-state index in [2.05, 4.69) is 15.6 Å². The first kappa shape index (κ1) is 24.2. The van der Waals surface area contributed by atoms with Gasteiger partial charge in [0.15, 0.2) is 12.0 Å². The molecule has 1 aliphatic rings. The zero-order valence-electron chi connectivity index (χ0n) is 19.1. The highest BCUT2D eigenvalue weighted by molar-refractivity contribution is 5.81. The molecular weight excluding hydrogens is 463 g/mol. The Balaban J connectivity index is 1.57. The minimum Gasteiger partial charge on any atom is -0.618 e. The number of anilines is 1. The number of fused-ring (bicyclic) bond motifs is 1. The van der Waals surface area contributed by atoms with Crippen LogP contribution in [0.1, 0.15) is 43.3 Å². The molecule has 3 heterocycles. The van der Waals surface area contributed by atoms with Gasteiger partial charge in [0.05, 0.1) is 6.54 Å². The van der Waals surface area contributed by atoms with Crippen molar-refractivity contribution >= 4 is 11.7 Å². The van der Waals surface area contributed by atoms with Gasteiger partial charge in [0.2, 0.25) is 5.91 Å². The summed E-state index contributed by atoms with van der Waals surface area (Å²) >= 11 is 0. The van der Waals surface area contributed by atoms with Gasteiger partial charge in [-0.3, -0.25) is 14.2 Å². The first-order valence-electron chi connectivity index (χ1n) is 10.9. The van der Waals surface area contributed by atoms with Crippen LogP contribution in [-0.4, -0.2) is 22.0 Å². The van der Waals surface area contributed by atoms with E-state index in [9.17, 15) is 28.0 Å². The van der Waals surface area contributed by atoms with Crippen LogP contribution < -0.4 is 20.9 Å². The van der Waals surface area contributed by atoms with Gasteiger partial charge < -0.3 is 15.8 Å². The Bertz CT molecular complexity index is 1330. The minimum absolute atomic E-state index is 0.0586. The zero-order chi connectivity index (χ0) is 25.4. The van der Waals surface area contributed by atoms with Crippen LogP contribution in [-0.2, 0) is 22.7 Å². The summed E-state index contributed by atoms with van der Waals surface area (Å²) in [5.41, 5.74) is -1.33. The molecule has 1 atom stereocenters. The van der Waals surface area contributed by atoms with Gasteiger partial charge in [-0.1, -0.05) is 32.0 Å². The van der Waals surface area contributed by atoms with E-state index in [4.69, 9.17) is 0 Å². The molecule has 2 N–H and O–H groups in total. The number of aromatic nitrogens is 3. The summed E-state index contributed by atoms with van der Waals surface area (Å²) < 4.78 is 44.4. The monoisotopic (exact) mass is 487 g/mol. The van der Waals surface area contributed by atoms with E-state index in [1.165, 1.54) is 35.0 Å². The van der Waals surface area contributed by atoms with Crippen molar-refractivity contribution in [2.24, 2.45) is 0 Å². The molecule has 0 bridgehead atoms. The highest BCUT2D eigenvalue weighted by Crippen LogP contribution is 2.39. The molecule has 0 saturated carbocycles. The summed E-state index contributed by atoms with van der Waals surface area (Å²) in [6.07, 6.45) is 2.60. The molecule has 1 aliphatic heterocycles. The van der Waals surface area contributed by atoms with E-state index in [0.717, 1.165) is 12.3 Å². The van der Waals surface area contributed by atoms with Gasteiger partial charge in [0, 0.05) is 41.5 Å². The Morgan fingerprint density at radius 2 is 1.97 bits per heavy atom. The van der Waals surface area contributed by atoms with Crippen LogP contribution in [0.2, 0.25) is 0 Å². The summed E-state index contributed by atoms with van der Waals surface area (Å²) in [5, 5.41) is 16.7. The molecule has 8 nitrogen and oxygen atoms in total. The van der Waals surface area contributed by atoms with E-state index in [-0.39, 0.29) is 23.5 Å². The van der Waals surface area contributed by atoms with E-state index in [1.807, 2.05) is 13.8 Å². The van der Waals surface area contributed by atoms with E-state index < -0.39 is 46.9 Å². The molecule has 0 fully saturated rings. The third-order valence-corrected chi connectivity index (χ3v) is 6.10. The number of hydrogen-bond acceptors (Lipinski definition) is 5. The lowest BCUT2D eigenvalue weighted by molar-refractivity contribution is -0.624. The van der Waals surface area contributed by atoms with Crippen LogP contribution >= 0.6 is 0 Å². The van der Waals surface area contributed by atoms with Crippen LogP contribution in [0.25, 0.3) is 0 Å².